The molecule has 0 aliphatic carbocycles. The largest absolute Gasteiger partial charge is 0.453 e. The van der Waals surface area contributed by atoms with Crippen molar-refractivity contribution in [3.05, 3.63) is 86.1 Å². The van der Waals surface area contributed by atoms with E-state index in [1.54, 1.807) is 26.0 Å². The Labute approximate surface area is 200 Å². The van der Waals surface area contributed by atoms with Gasteiger partial charge < -0.3 is 10.1 Å². The van der Waals surface area contributed by atoms with Gasteiger partial charge in [0.05, 0.1) is 5.02 Å². The number of benzene rings is 3. The summed E-state index contributed by atoms with van der Waals surface area (Å²) in [6.07, 6.45) is 0. The van der Waals surface area contributed by atoms with E-state index in [2.05, 4.69) is 26.6 Å². The predicted molar refractivity (Wildman–Crippen MR) is 125 cm³/mol. The highest BCUT2D eigenvalue weighted by atomic mass is 79.9. The first-order chi connectivity index (χ1) is 15.1. The van der Waals surface area contributed by atoms with Crippen LogP contribution in [0.15, 0.2) is 46.9 Å². The van der Waals surface area contributed by atoms with E-state index in [-0.39, 0.29) is 21.6 Å². The number of amides is 1. The predicted octanol–water partition coefficient (Wildman–Crippen LogP) is 7.06. The van der Waals surface area contributed by atoms with Crippen LogP contribution in [0.25, 0.3) is 0 Å². The summed E-state index contributed by atoms with van der Waals surface area (Å²) in [5.41, 5.74) is 0.835. The van der Waals surface area contributed by atoms with Gasteiger partial charge in [-0.15, -0.1) is 0 Å². The molecule has 0 aliphatic heterocycles. The van der Waals surface area contributed by atoms with E-state index in [1.807, 2.05) is 0 Å². The number of rotatable bonds is 4. The zero-order valence-electron chi connectivity index (χ0n) is 16.7. The summed E-state index contributed by atoms with van der Waals surface area (Å²) < 4.78 is 47.9. The van der Waals surface area contributed by atoms with Gasteiger partial charge in [-0.2, -0.15) is 0 Å². The van der Waals surface area contributed by atoms with E-state index >= 15 is 0 Å². The normalized spacial score (nSPS) is 10.6. The lowest BCUT2D eigenvalue weighted by Gasteiger charge is -2.18. The Hall–Kier alpha value is -2.62. The number of halogens is 5. The van der Waals surface area contributed by atoms with Crippen molar-refractivity contribution in [2.75, 3.05) is 5.32 Å². The third-order valence-corrected chi connectivity index (χ3v) is 5.60. The molecule has 4 nitrogen and oxygen atoms in total. The average Bonchev–Trinajstić information content (AvgIpc) is 2.71. The molecule has 3 aromatic carbocycles. The topological polar surface area (TPSA) is 50.4 Å². The molecule has 0 heterocycles. The molecule has 0 aromatic heterocycles. The zero-order valence-corrected chi connectivity index (χ0v) is 19.8. The van der Waals surface area contributed by atoms with Crippen molar-refractivity contribution < 1.29 is 22.7 Å². The monoisotopic (exact) mass is 542 g/mol. The van der Waals surface area contributed by atoms with Crippen molar-refractivity contribution in [1.29, 1.82) is 0 Å². The molecule has 1 amide bonds. The fourth-order valence-corrected chi connectivity index (χ4v) is 3.61. The molecule has 3 aromatic rings. The second kappa shape index (κ2) is 9.89. The number of anilines is 1. The van der Waals surface area contributed by atoms with E-state index in [0.717, 1.165) is 18.2 Å². The molecule has 0 atom stereocenters. The minimum Gasteiger partial charge on any atom is -0.453 e. The molecule has 0 spiro atoms. The molecule has 3 rings (SSSR count). The molecule has 32 heavy (non-hydrogen) atoms. The molecule has 10 heteroatoms. The lowest BCUT2D eigenvalue weighted by Crippen LogP contribution is -2.35. The van der Waals surface area contributed by atoms with Crippen LogP contribution in [0.1, 0.15) is 21.5 Å². The van der Waals surface area contributed by atoms with Gasteiger partial charge in [-0.3, -0.25) is 10.1 Å². The van der Waals surface area contributed by atoms with Crippen LogP contribution in [0.5, 0.6) is 11.5 Å². The number of nitrogens with one attached hydrogen (secondary N) is 2. The van der Waals surface area contributed by atoms with E-state index in [1.165, 1.54) is 12.1 Å². The Morgan fingerprint density at radius 1 is 1.03 bits per heavy atom. The summed E-state index contributed by atoms with van der Waals surface area (Å²) in [4.78, 5) is 12.2. The third kappa shape index (κ3) is 5.23. The van der Waals surface area contributed by atoms with Gasteiger partial charge in [0.1, 0.15) is 22.9 Å². The van der Waals surface area contributed by atoms with E-state index in [0.29, 0.717) is 21.3 Å². The van der Waals surface area contributed by atoms with E-state index in [9.17, 15) is 18.0 Å². The quantitative estimate of drug-likeness (QED) is 0.346. The highest BCUT2D eigenvalue weighted by Crippen LogP contribution is 2.39. The number of ether oxygens (including phenoxy) is 1. The fraction of sp³-hybridized carbons (Fsp3) is 0.0909. The van der Waals surface area contributed by atoms with Crippen LogP contribution >= 0.6 is 39.7 Å². The van der Waals surface area contributed by atoms with Crippen LogP contribution in [-0.4, -0.2) is 11.0 Å². The van der Waals surface area contributed by atoms with Crippen molar-refractivity contribution in [3.8, 4) is 11.5 Å². The smallest absolute Gasteiger partial charge is 0.263 e. The summed E-state index contributed by atoms with van der Waals surface area (Å²) in [6, 6.07) is 9.00. The summed E-state index contributed by atoms with van der Waals surface area (Å²) >= 11 is 14.7. The van der Waals surface area contributed by atoms with Gasteiger partial charge >= 0.3 is 0 Å². The molecule has 0 radical (unpaired) electrons. The van der Waals surface area contributed by atoms with Gasteiger partial charge in [0, 0.05) is 10.2 Å². The first-order valence-corrected chi connectivity index (χ1v) is 10.7. The van der Waals surface area contributed by atoms with Crippen molar-refractivity contribution in [2.45, 2.75) is 13.8 Å². The number of carbonyl (C=O) groups excluding carboxylic acids is 1. The minimum atomic E-state index is -1.04. The Balaban J connectivity index is 1.81. The molecule has 0 fully saturated rings. The lowest BCUT2D eigenvalue weighted by molar-refractivity contribution is 0.0969. The second-order valence-electron chi connectivity index (χ2n) is 6.69. The maximum Gasteiger partial charge on any atom is 0.263 e. The van der Waals surface area contributed by atoms with Crippen LogP contribution in [0.4, 0.5) is 18.9 Å². The maximum absolute atomic E-state index is 14.1. The average molecular weight is 544 g/mol. The summed E-state index contributed by atoms with van der Waals surface area (Å²) in [5, 5.41) is 5.05. The van der Waals surface area contributed by atoms with Gasteiger partial charge in [0.15, 0.2) is 16.7 Å². The number of carbonyl (C=O) groups is 1. The van der Waals surface area contributed by atoms with Crippen LogP contribution in [0.3, 0.4) is 0 Å². The molecule has 166 valence electrons. The number of thiocarbonyl (C=S) groups is 1. The Morgan fingerprint density at radius 3 is 2.31 bits per heavy atom. The molecule has 2 N–H and O–H groups in total. The van der Waals surface area contributed by atoms with Crippen molar-refractivity contribution in [3.63, 3.8) is 0 Å². The van der Waals surface area contributed by atoms with Gasteiger partial charge in [-0.1, -0.05) is 33.6 Å². The number of aryl methyl sites for hydroxylation is 1. The third-order valence-electron chi connectivity index (χ3n) is 4.43. The van der Waals surface area contributed by atoms with Gasteiger partial charge in [0.2, 0.25) is 0 Å². The molecule has 0 bridgehead atoms. The second-order valence-corrected chi connectivity index (χ2v) is 8.39. The first-order valence-electron chi connectivity index (χ1n) is 9.07. The van der Waals surface area contributed by atoms with Crippen molar-refractivity contribution >= 4 is 56.5 Å². The van der Waals surface area contributed by atoms with E-state index < -0.39 is 28.9 Å². The summed E-state index contributed by atoms with van der Waals surface area (Å²) in [6.45, 7) is 3.39. The highest BCUT2D eigenvalue weighted by molar-refractivity contribution is 9.10. The van der Waals surface area contributed by atoms with Gasteiger partial charge in [-0.25, -0.2) is 13.2 Å². The fourth-order valence-electron chi connectivity index (χ4n) is 2.89. The van der Waals surface area contributed by atoms with Crippen LogP contribution in [0, 0.1) is 31.3 Å². The molecular weight excluding hydrogens is 529 g/mol. The minimum absolute atomic E-state index is 0.00990. The number of hydrogen-bond donors (Lipinski definition) is 2. The molecular formula is C22H15BrClF3N2O2S. The molecule has 0 aliphatic rings. The van der Waals surface area contributed by atoms with E-state index in [4.69, 9.17) is 28.6 Å². The number of hydrogen-bond acceptors (Lipinski definition) is 3. The summed E-state index contributed by atoms with van der Waals surface area (Å²) in [5.74, 6) is -3.42. The van der Waals surface area contributed by atoms with Crippen LogP contribution in [0.2, 0.25) is 5.02 Å². The van der Waals surface area contributed by atoms with Gasteiger partial charge in [-0.05, 0) is 73.6 Å². The van der Waals surface area contributed by atoms with Crippen molar-refractivity contribution in [2.24, 2.45) is 0 Å². The Bertz CT molecular complexity index is 1220. The first kappa shape index (κ1) is 24.0. The zero-order chi connectivity index (χ0) is 23.6. The molecule has 0 unspecified atom stereocenters. The SMILES string of the molecule is Cc1cc(Oc2ccc(Br)cc2F)c(Cl)c(C)c1NC(=S)NC(=O)c1c(F)cccc1F. The highest BCUT2D eigenvalue weighted by Gasteiger charge is 2.20. The lowest BCUT2D eigenvalue weighted by atomic mass is 10.1. The summed E-state index contributed by atoms with van der Waals surface area (Å²) in [7, 11) is 0. The standard InChI is InChI=1S/C22H15BrClF3N2O2S/c1-10-8-17(31-16-7-6-12(23)9-15(16)27)19(24)11(2)20(10)28-22(32)29-21(30)18-13(25)4-3-5-14(18)26/h3-9H,1-2H3,(H2,28,29,30,32). The Kier molecular flexibility index (Phi) is 7.43. The van der Waals surface area contributed by atoms with Gasteiger partial charge in [0.25, 0.3) is 5.91 Å². The van der Waals surface area contributed by atoms with Crippen LogP contribution < -0.4 is 15.4 Å². The molecule has 0 saturated carbocycles. The molecule has 0 saturated heterocycles. The van der Waals surface area contributed by atoms with Crippen LogP contribution in [-0.2, 0) is 0 Å². The maximum atomic E-state index is 14.1. The Morgan fingerprint density at radius 2 is 1.69 bits per heavy atom. The van der Waals surface area contributed by atoms with Crippen molar-refractivity contribution in [1.82, 2.24) is 5.32 Å².